The SMILES string of the molecule is O=C(Cc1cccc(O)c1)NCCn1cccn1. The Labute approximate surface area is 105 Å². The molecule has 0 aliphatic rings. The topological polar surface area (TPSA) is 67.2 Å². The van der Waals surface area contributed by atoms with Gasteiger partial charge < -0.3 is 10.4 Å². The molecule has 5 heteroatoms. The monoisotopic (exact) mass is 245 g/mol. The van der Waals surface area contributed by atoms with E-state index in [-0.39, 0.29) is 18.1 Å². The average molecular weight is 245 g/mol. The van der Waals surface area contributed by atoms with Crippen LogP contribution in [0.25, 0.3) is 0 Å². The first kappa shape index (κ1) is 12.2. The molecule has 0 radical (unpaired) electrons. The Balaban J connectivity index is 1.75. The number of nitrogens with one attached hydrogen (secondary N) is 1. The predicted molar refractivity (Wildman–Crippen MR) is 67.0 cm³/mol. The van der Waals surface area contributed by atoms with Crippen molar-refractivity contribution in [2.45, 2.75) is 13.0 Å². The van der Waals surface area contributed by atoms with Gasteiger partial charge >= 0.3 is 0 Å². The maximum Gasteiger partial charge on any atom is 0.224 e. The molecule has 0 aliphatic heterocycles. The molecule has 0 unspecified atom stereocenters. The summed E-state index contributed by atoms with van der Waals surface area (Å²) in [6.07, 6.45) is 3.82. The number of amides is 1. The number of rotatable bonds is 5. The predicted octanol–water partition coefficient (Wildman–Crippen LogP) is 0.948. The van der Waals surface area contributed by atoms with Gasteiger partial charge in [0.05, 0.1) is 13.0 Å². The Morgan fingerprint density at radius 2 is 2.28 bits per heavy atom. The number of aromatic nitrogens is 2. The quantitative estimate of drug-likeness (QED) is 0.824. The van der Waals surface area contributed by atoms with Gasteiger partial charge in [-0.2, -0.15) is 5.10 Å². The molecule has 5 nitrogen and oxygen atoms in total. The highest BCUT2D eigenvalue weighted by Crippen LogP contribution is 2.10. The van der Waals surface area contributed by atoms with Crippen LogP contribution in [0.4, 0.5) is 0 Å². The van der Waals surface area contributed by atoms with Crippen LogP contribution in [0.5, 0.6) is 5.75 Å². The molecule has 0 fully saturated rings. The van der Waals surface area contributed by atoms with Crippen LogP contribution < -0.4 is 5.32 Å². The molecule has 0 spiro atoms. The Bertz CT molecular complexity index is 509. The first-order valence-corrected chi connectivity index (χ1v) is 5.76. The molecule has 94 valence electrons. The summed E-state index contributed by atoms with van der Waals surface area (Å²) in [6.45, 7) is 1.19. The summed E-state index contributed by atoms with van der Waals surface area (Å²) in [5.41, 5.74) is 0.798. The van der Waals surface area contributed by atoms with Crippen molar-refractivity contribution in [3.63, 3.8) is 0 Å². The highest BCUT2D eigenvalue weighted by atomic mass is 16.3. The van der Waals surface area contributed by atoms with Crippen molar-refractivity contribution in [3.8, 4) is 5.75 Å². The molecule has 0 saturated carbocycles. The second-order valence-electron chi connectivity index (χ2n) is 3.97. The van der Waals surface area contributed by atoms with Gasteiger partial charge in [-0.1, -0.05) is 12.1 Å². The lowest BCUT2D eigenvalue weighted by Gasteiger charge is -2.05. The number of carbonyl (C=O) groups is 1. The van der Waals surface area contributed by atoms with E-state index in [4.69, 9.17) is 0 Å². The summed E-state index contributed by atoms with van der Waals surface area (Å²) in [6, 6.07) is 8.55. The van der Waals surface area contributed by atoms with Crippen molar-refractivity contribution in [3.05, 3.63) is 48.3 Å². The number of hydrogen-bond donors (Lipinski definition) is 2. The number of benzene rings is 1. The van der Waals surface area contributed by atoms with Gasteiger partial charge in [-0.05, 0) is 23.8 Å². The number of phenolic OH excluding ortho intramolecular Hbond substituents is 1. The second-order valence-corrected chi connectivity index (χ2v) is 3.97. The van der Waals surface area contributed by atoms with E-state index in [1.807, 2.05) is 18.3 Å². The second kappa shape index (κ2) is 5.86. The van der Waals surface area contributed by atoms with Gasteiger partial charge in [0.25, 0.3) is 0 Å². The van der Waals surface area contributed by atoms with Crippen molar-refractivity contribution in [1.29, 1.82) is 0 Å². The molecular weight excluding hydrogens is 230 g/mol. The maximum atomic E-state index is 11.6. The van der Waals surface area contributed by atoms with Crippen LogP contribution in [0.15, 0.2) is 42.7 Å². The molecule has 1 heterocycles. The Morgan fingerprint density at radius 1 is 1.39 bits per heavy atom. The summed E-state index contributed by atoms with van der Waals surface area (Å²) < 4.78 is 1.76. The van der Waals surface area contributed by atoms with Crippen molar-refractivity contribution in [1.82, 2.24) is 15.1 Å². The van der Waals surface area contributed by atoms with Crippen LogP contribution in [-0.4, -0.2) is 27.3 Å². The van der Waals surface area contributed by atoms with E-state index < -0.39 is 0 Å². The molecule has 0 atom stereocenters. The maximum absolute atomic E-state index is 11.6. The van der Waals surface area contributed by atoms with Crippen molar-refractivity contribution in [2.24, 2.45) is 0 Å². The Kier molecular flexibility index (Phi) is 3.96. The van der Waals surface area contributed by atoms with Gasteiger partial charge in [-0.15, -0.1) is 0 Å². The minimum atomic E-state index is -0.0623. The van der Waals surface area contributed by atoms with Gasteiger partial charge in [-0.3, -0.25) is 9.48 Å². The summed E-state index contributed by atoms with van der Waals surface area (Å²) in [5, 5.41) is 16.1. The van der Waals surface area contributed by atoms with Crippen LogP contribution in [0.2, 0.25) is 0 Å². The molecular formula is C13H15N3O2. The zero-order valence-electron chi connectivity index (χ0n) is 9.91. The summed E-state index contributed by atoms with van der Waals surface area (Å²) in [4.78, 5) is 11.6. The van der Waals surface area contributed by atoms with Crippen molar-refractivity contribution >= 4 is 5.91 Å². The van der Waals surface area contributed by atoms with Crippen LogP contribution >= 0.6 is 0 Å². The van der Waals surface area contributed by atoms with Crippen LogP contribution in [-0.2, 0) is 17.8 Å². The molecule has 18 heavy (non-hydrogen) atoms. The number of phenols is 1. The fourth-order valence-corrected chi connectivity index (χ4v) is 1.66. The van der Waals surface area contributed by atoms with Crippen LogP contribution in [0.3, 0.4) is 0 Å². The Morgan fingerprint density at radius 3 is 3.00 bits per heavy atom. The number of nitrogens with zero attached hydrogens (tertiary/aromatic N) is 2. The third-order valence-corrected chi connectivity index (χ3v) is 2.50. The zero-order valence-corrected chi connectivity index (χ0v) is 9.91. The fraction of sp³-hybridized carbons (Fsp3) is 0.231. The summed E-state index contributed by atoms with van der Waals surface area (Å²) in [7, 11) is 0. The van der Waals surface area contributed by atoms with E-state index in [1.165, 1.54) is 0 Å². The number of carbonyl (C=O) groups excluding carboxylic acids is 1. The molecule has 1 aromatic heterocycles. The fourth-order valence-electron chi connectivity index (χ4n) is 1.66. The molecule has 0 bridgehead atoms. The smallest absolute Gasteiger partial charge is 0.224 e. The van der Waals surface area contributed by atoms with E-state index in [2.05, 4.69) is 10.4 Å². The van der Waals surface area contributed by atoms with E-state index in [9.17, 15) is 9.90 Å². The molecule has 1 amide bonds. The first-order valence-electron chi connectivity index (χ1n) is 5.76. The third kappa shape index (κ3) is 3.62. The lowest BCUT2D eigenvalue weighted by molar-refractivity contribution is -0.120. The van der Waals surface area contributed by atoms with Gasteiger partial charge in [0, 0.05) is 18.9 Å². The standard InChI is InChI=1S/C13H15N3O2/c17-12-4-1-3-11(9-12)10-13(18)14-6-8-16-7-2-5-15-16/h1-5,7,9,17H,6,8,10H2,(H,14,18). The van der Waals surface area contributed by atoms with Crippen LogP contribution in [0.1, 0.15) is 5.56 Å². The number of hydrogen-bond acceptors (Lipinski definition) is 3. The zero-order chi connectivity index (χ0) is 12.8. The van der Waals surface area contributed by atoms with Crippen molar-refractivity contribution in [2.75, 3.05) is 6.54 Å². The molecule has 0 aliphatic carbocycles. The summed E-state index contributed by atoms with van der Waals surface area (Å²) >= 11 is 0. The average Bonchev–Trinajstić information content (AvgIpc) is 2.82. The normalized spacial score (nSPS) is 10.2. The van der Waals surface area contributed by atoms with Gasteiger partial charge in [0.2, 0.25) is 5.91 Å². The minimum Gasteiger partial charge on any atom is -0.508 e. The minimum absolute atomic E-state index is 0.0623. The highest BCUT2D eigenvalue weighted by Gasteiger charge is 2.03. The Hall–Kier alpha value is -2.30. The molecule has 0 saturated heterocycles. The first-order chi connectivity index (χ1) is 8.74. The summed E-state index contributed by atoms with van der Waals surface area (Å²) in [5.74, 6) is 0.115. The largest absolute Gasteiger partial charge is 0.508 e. The lowest BCUT2D eigenvalue weighted by atomic mass is 10.1. The van der Waals surface area contributed by atoms with Gasteiger partial charge in [-0.25, -0.2) is 0 Å². The number of aromatic hydroxyl groups is 1. The van der Waals surface area contributed by atoms with E-state index in [0.717, 1.165) is 5.56 Å². The van der Waals surface area contributed by atoms with E-state index >= 15 is 0 Å². The van der Waals surface area contributed by atoms with Gasteiger partial charge in [0.1, 0.15) is 5.75 Å². The highest BCUT2D eigenvalue weighted by molar-refractivity contribution is 5.78. The van der Waals surface area contributed by atoms with E-state index in [1.54, 1.807) is 29.1 Å². The lowest BCUT2D eigenvalue weighted by Crippen LogP contribution is -2.28. The third-order valence-electron chi connectivity index (χ3n) is 2.50. The molecule has 1 aromatic carbocycles. The van der Waals surface area contributed by atoms with Gasteiger partial charge in [0.15, 0.2) is 0 Å². The molecule has 2 N–H and O–H groups in total. The van der Waals surface area contributed by atoms with E-state index in [0.29, 0.717) is 13.1 Å². The van der Waals surface area contributed by atoms with Crippen LogP contribution in [0, 0.1) is 0 Å². The molecule has 2 rings (SSSR count). The van der Waals surface area contributed by atoms with Crippen molar-refractivity contribution < 1.29 is 9.90 Å². The molecule has 2 aromatic rings.